The van der Waals surface area contributed by atoms with E-state index in [1.165, 1.54) is 22.3 Å². The van der Waals surface area contributed by atoms with Gasteiger partial charge in [0.2, 0.25) is 5.75 Å². The second kappa shape index (κ2) is 12.3. The largest absolute Gasteiger partial charge is 0.493 e. The highest BCUT2D eigenvalue weighted by Crippen LogP contribution is 2.52. The summed E-state index contributed by atoms with van der Waals surface area (Å²) in [5, 5.41) is 0. The molecule has 0 amide bonds. The standard InChI is InChI=1S/C39H45N2O6/c1-40-16-14-26-21-34(43-5)35-23-29(26)30(40)18-24-8-11-28(12-9-24)46-39-37-27(22-36(44-6)38(39)45-7)15-17-41(2,3)31(37)19-25-10-13-32(47-35)33(20-25)42-4/h8-13,20-23,30-31H,14-19H2,1-7H3/q+1/t30-,31+/m0/s1. The van der Waals surface area contributed by atoms with E-state index < -0.39 is 0 Å². The molecule has 246 valence electrons. The zero-order valence-corrected chi connectivity index (χ0v) is 28.5. The molecule has 8 heteroatoms. The average Bonchev–Trinajstić information content (AvgIpc) is 3.08. The van der Waals surface area contributed by atoms with Crippen LogP contribution in [0.1, 0.15) is 45.5 Å². The number of likely N-dealkylation sites (N-methyl/N-ethyl adjacent to an activating group) is 2. The van der Waals surface area contributed by atoms with Crippen molar-refractivity contribution < 1.29 is 32.9 Å². The number of benzene rings is 4. The van der Waals surface area contributed by atoms with Crippen molar-refractivity contribution in [2.24, 2.45) is 0 Å². The normalized spacial score (nSPS) is 19.7. The third kappa shape index (κ3) is 5.63. The Morgan fingerprint density at radius 3 is 2.13 bits per heavy atom. The molecule has 8 nitrogen and oxygen atoms in total. The second-order valence-corrected chi connectivity index (χ2v) is 13.5. The lowest BCUT2D eigenvalue weighted by Gasteiger charge is -2.43. The number of rotatable bonds is 4. The van der Waals surface area contributed by atoms with Gasteiger partial charge in [0.25, 0.3) is 0 Å². The van der Waals surface area contributed by atoms with Crippen LogP contribution in [0.4, 0.5) is 0 Å². The van der Waals surface area contributed by atoms with Crippen LogP contribution >= 0.6 is 0 Å². The van der Waals surface area contributed by atoms with E-state index in [9.17, 15) is 0 Å². The first-order valence-corrected chi connectivity index (χ1v) is 16.4. The molecule has 4 aromatic carbocycles. The lowest BCUT2D eigenvalue weighted by Crippen LogP contribution is -2.48. The summed E-state index contributed by atoms with van der Waals surface area (Å²) < 4.78 is 37.9. The van der Waals surface area contributed by atoms with Crippen LogP contribution in [0.2, 0.25) is 0 Å². The first-order chi connectivity index (χ1) is 22.7. The first kappa shape index (κ1) is 31.2. The van der Waals surface area contributed by atoms with E-state index in [0.717, 1.165) is 71.6 Å². The van der Waals surface area contributed by atoms with E-state index in [1.54, 1.807) is 28.4 Å². The Morgan fingerprint density at radius 2 is 1.40 bits per heavy atom. The van der Waals surface area contributed by atoms with Gasteiger partial charge in [0, 0.05) is 25.4 Å². The Labute approximate surface area is 277 Å². The third-order valence-electron chi connectivity index (χ3n) is 10.4. The van der Waals surface area contributed by atoms with Crippen LogP contribution in [0.5, 0.6) is 46.0 Å². The number of hydrogen-bond acceptors (Lipinski definition) is 7. The van der Waals surface area contributed by atoms with Gasteiger partial charge < -0.3 is 32.9 Å². The number of nitrogens with zero attached hydrogens (tertiary/aromatic N) is 2. The van der Waals surface area contributed by atoms with E-state index in [1.807, 2.05) is 6.07 Å². The molecule has 0 radical (unpaired) electrons. The summed E-state index contributed by atoms with van der Waals surface area (Å²) in [6, 6.07) is 21.4. The minimum Gasteiger partial charge on any atom is -0.493 e. The van der Waals surface area contributed by atoms with Crippen LogP contribution in [0, 0.1) is 0 Å². The molecule has 0 saturated carbocycles. The highest BCUT2D eigenvalue weighted by atomic mass is 16.5. The summed E-state index contributed by atoms with van der Waals surface area (Å²) >= 11 is 0. The van der Waals surface area contributed by atoms with Gasteiger partial charge in [-0.15, -0.1) is 0 Å². The maximum absolute atomic E-state index is 6.84. The van der Waals surface area contributed by atoms with Crippen LogP contribution in [0.15, 0.2) is 60.7 Å². The van der Waals surface area contributed by atoms with E-state index >= 15 is 0 Å². The smallest absolute Gasteiger partial charge is 0.204 e. The van der Waals surface area contributed by atoms with Crippen molar-refractivity contribution in [2.45, 2.75) is 37.8 Å². The molecule has 2 atom stereocenters. The summed E-state index contributed by atoms with van der Waals surface area (Å²) in [5.41, 5.74) is 7.28. The van der Waals surface area contributed by atoms with Gasteiger partial charge in [-0.25, -0.2) is 0 Å². The summed E-state index contributed by atoms with van der Waals surface area (Å²) in [6.45, 7) is 1.95. The molecule has 0 spiro atoms. The zero-order valence-electron chi connectivity index (χ0n) is 28.5. The van der Waals surface area contributed by atoms with Crippen molar-refractivity contribution in [2.75, 3.05) is 62.7 Å². The fourth-order valence-corrected chi connectivity index (χ4v) is 7.60. The Hall–Kier alpha value is -4.40. The fourth-order valence-electron chi connectivity index (χ4n) is 7.60. The summed E-state index contributed by atoms with van der Waals surface area (Å²) in [5.74, 6) is 5.50. The van der Waals surface area contributed by atoms with Crippen molar-refractivity contribution >= 4 is 0 Å². The van der Waals surface area contributed by atoms with E-state index in [2.05, 4.69) is 80.6 Å². The highest BCUT2D eigenvalue weighted by molar-refractivity contribution is 5.62. The number of ether oxygens (including phenoxy) is 6. The molecule has 10 rings (SSSR count). The quantitative estimate of drug-likeness (QED) is 0.218. The van der Waals surface area contributed by atoms with Crippen molar-refractivity contribution in [1.82, 2.24) is 4.90 Å². The van der Waals surface area contributed by atoms with Gasteiger partial charge in [-0.1, -0.05) is 18.2 Å². The fraction of sp³-hybridized carbons (Fsp3) is 0.385. The van der Waals surface area contributed by atoms with E-state index in [0.29, 0.717) is 28.7 Å². The van der Waals surface area contributed by atoms with Gasteiger partial charge in [-0.05, 0) is 90.2 Å². The molecule has 0 fully saturated rings. The molecule has 0 aliphatic carbocycles. The molecule has 6 bridgehead atoms. The average molecular weight is 638 g/mol. The predicted octanol–water partition coefficient (Wildman–Crippen LogP) is 7.31. The molecule has 6 heterocycles. The van der Waals surface area contributed by atoms with Crippen LogP contribution in [0.25, 0.3) is 0 Å². The molecule has 47 heavy (non-hydrogen) atoms. The minimum atomic E-state index is 0.0829. The Balaban J connectivity index is 1.43. The lowest BCUT2D eigenvalue weighted by molar-refractivity contribution is -0.923. The van der Waals surface area contributed by atoms with Gasteiger partial charge in [0.05, 0.1) is 54.6 Å². The van der Waals surface area contributed by atoms with Gasteiger partial charge in [0.1, 0.15) is 11.8 Å². The monoisotopic (exact) mass is 637 g/mol. The molecule has 6 aliphatic rings. The number of quaternary nitrogens is 1. The Bertz CT molecular complexity index is 1800. The Morgan fingerprint density at radius 1 is 0.702 bits per heavy atom. The molecular formula is C39H45N2O6+. The van der Waals surface area contributed by atoms with E-state index in [4.69, 9.17) is 28.4 Å². The highest BCUT2D eigenvalue weighted by Gasteiger charge is 2.41. The van der Waals surface area contributed by atoms with Crippen LogP contribution in [0.3, 0.4) is 0 Å². The predicted molar refractivity (Wildman–Crippen MR) is 182 cm³/mol. The van der Waals surface area contributed by atoms with Crippen molar-refractivity contribution in [1.29, 1.82) is 0 Å². The molecule has 4 aromatic rings. The van der Waals surface area contributed by atoms with Crippen molar-refractivity contribution in [3.05, 3.63) is 94.0 Å². The molecule has 0 N–H and O–H groups in total. The number of hydrogen-bond donors (Lipinski definition) is 0. The van der Waals surface area contributed by atoms with Gasteiger partial charge in [-0.2, -0.15) is 0 Å². The third-order valence-corrected chi connectivity index (χ3v) is 10.4. The maximum Gasteiger partial charge on any atom is 0.204 e. The minimum absolute atomic E-state index is 0.0829. The summed E-state index contributed by atoms with van der Waals surface area (Å²) in [6.07, 6.45) is 3.46. The second-order valence-electron chi connectivity index (χ2n) is 13.5. The van der Waals surface area contributed by atoms with Crippen molar-refractivity contribution in [3.8, 4) is 46.0 Å². The van der Waals surface area contributed by atoms with E-state index in [-0.39, 0.29) is 12.1 Å². The SMILES string of the molecule is COc1cc2ccc1Oc1cc3c(cc1OC)CCN(C)[C@H]3Cc1ccc(cc1)Oc1c(OC)c(OC)cc3c1[C@@H](C2)[N+](C)(C)CC3. The summed E-state index contributed by atoms with van der Waals surface area (Å²) in [4.78, 5) is 2.43. The molecule has 0 unspecified atom stereocenters. The van der Waals surface area contributed by atoms with Gasteiger partial charge >= 0.3 is 0 Å². The molecule has 0 saturated heterocycles. The first-order valence-electron chi connectivity index (χ1n) is 16.4. The zero-order chi connectivity index (χ0) is 32.9. The van der Waals surface area contributed by atoms with Crippen LogP contribution < -0.4 is 28.4 Å². The topological polar surface area (TPSA) is 58.6 Å². The lowest BCUT2D eigenvalue weighted by atomic mass is 9.86. The van der Waals surface area contributed by atoms with Crippen molar-refractivity contribution in [3.63, 3.8) is 0 Å². The van der Waals surface area contributed by atoms with Crippen LogP contribution in [-0.2, 0) is 25.7 Å². The van der Waals surface area contributed by atoms with Gasteiger partial charge in [-0.3, -0.25) is 4.90 Å². The maximum atomic E-state index is 6.84. The number of methoxy groups -OCH3 is 4. The molecule has 6 aliphatic heterocycles. The Kier molecular flexibility index (Phi) is 8.18. The van der Waals surface area contributed by atoms with Gasteiger partial charge in [0.15, 0.2) is 34.5 Å². The molecular weight excluding hydrogens is 592 g/mol. The van der Waals surface area contributed by atoms with Crippen LogP contribution in [-0.4, -0.2) is 72.1 Å². The molecule has 0 aromatic heterocycles. The summed E-state index contributed by atoms with van der Waals surface area (Å²) in [7, 11) is 13.5.